The van der Waals surface area contributed by atoms with E-state index in [2.05, 4.69) is 5.32 Å². The molecule has 0 atom stereocenters. The molecule has 1 aliphatic rings. The van der Waals surface area contributed by atoms with Crippen molar-refractivity contribution >= 4 is 17.7 Å². The quantitative estimate of drug-likeness (QED) is 0.839. The fourth-order valence-electron chi connectivity index (χ4n) is 3.33. The lowest BCUT2D eigenvalue weighted by atomic mass is 9.89. The number of nitrogens with one attached hydrogen (secondary N) is 1. The molecule has 0 radical (unpaired) electrons. The number of carbonyl (C=O) groups excluding carboxylic acids is 2. The van der Waals surface area contributed by atoms with Crippen LogP contribution in [0, 0.1) is 5.92 Å². The first-order valence-corrected chi connectivity index (χ1v) is 9.52. The second-order valence-electron chi connectivity index (χ2n) is 7.00. The molecule has 2 aromatic carbocycles. The monoisotopic (exact) mass is 366 g/mol. The van der Waals surface area contributed by atoms with Crippen LogP contribution in [-0.2, 0) is 0 Å². The van der Waals surface area contributed by atoms with E-state index in [1.54, 1.807) is 31.3 Å². The van der Waals surface area contributed by atoms with E-state index < -0.39 is 6.09 Å². The maximum Gasteiger partial charge on any atom is 0.419 e. The lowest BCUT2D eigenvalue weighted by molar-refractivity contribution is 0.0943. The summed E-state index contributed by atoms with van der Waals surface area (Å²) in [6, 6.07) is 15.9. The highest BCUT2D eigenvalue weighted by atomic mass is 16.6. The topological polar surface area (TPSA) is 58.6 Å². The van der Waals surface area contributed by atoms with Gasteiger partial charge in [0.15, 0.2) is 0 Å². The molecular weight excluding hydrogens is 340 g/mol. The summed E-state index contributed by atoms with van der Waals surface area (Å²) in [5, 5.41) is 3.01. The molecule has 27 heavy (non-hydrogen) atoms. The van der Waals surface area contributed by atoms with Crippen LogP contribution in [0.1, 0.15) is 42.5 Å². The van der Waals surface area contributed by atoms with Gasteiger partial charge in [0.25, 0.3) is 5.91 Å². The van der Waals surface area contributed by atoms with E-state index in [9.17, 15) is 9.59 Å². The number of carbonyl (C=O) groups is 2. The molecule has 0 bridgehead atoms. The summed E-state index contributed by atoms with van der Waals surface area (Å²) in [5.74, 6) is 0.919. The highest BCUT2D eigenvalue weighted by Gasteiger charge is 2.16. The Hall–Kier alpha value is -2.82. The first-order chi connectivity index (χ1) is 13.1. The van der Waals surface area contributed by atoms with Crippen molar-refractivity contribution in [1.82, 2.24) is 5.32 Å². The van der Waals surface area contributed by atoms with Crippen LogP contribution in [-0.4, -0.2) is 25.6 Å². The molecule has 0 aromatic heterocycles. The molecule has 1 aliphatic carbocycles. The van der Waals surface area contributed by atoms with Gasteiger partial charge in [0.2, 0.25) is 0 Å². The summed E-state index contributed by atoms with van der Waals surface area (Å²) in [5.41, 5.74) is 1.32. The maximum absolute atomic E-state index is 12.3. The summed E-state index contributed by atoms with van der Waals surface area (Å²) in [7, 11) is 1.66. The molecule has 0 aliphatic heterocycles. The van der Waals surface area contributed by atoms with E-state index >= 15 is 0 Å². The number of hydrogen-bond donors (Lipinski definition) is 1. The van der Waals surface area contributed by atoms with E-state index in [0.29, 0.717) is 17.2 Å². The smallest absolute Gasteiger partial charge is 0.410 e. The normalized spacial score (nSPS) is 14.4. The Balaban J connectivity index is 1.52. The second kappa shape index (κ2) is 9.21. The minimum Gasteiger partial charge on any atom is -0.410 e. The second-order valence-corrected chi connectivity index (χ2v) is 7.00. The van der Waals surface area contributed by atoms with E-state index in [0.717, 1.165) is 12.2 Å². The van der Waals surface area contributed by atoms with Crippen molar-refractivity contribution < 1.29 is 14.3 Å². The standard InChI is InChI=1S/C22H26N2O3/c1-24(19-10-6-3-7-11-19)22(26)27-20-14-12-18(13-15-20)21(25)23-16-17-8-4-2-5-9-17/h3,6-7,10-15,17H,2,4-5,8-9,16H2,1H3,(H,23,25). The van der Waals surface area contributed by atoms with Gasteiger partial charge in [-0.1, -0.05) is 37.5 Å². The van der Waals surface area contributed by atoms with Gasteiger partial charge in [-0.3, -0.25) is 9.69 Å². The van der Waals surface area contributed by atoms with Crippen LogP contribution in [0.25, 0.3) is 0 Å². The number of para-hydroxylation sites is 1. The highest BCUT2D eigenvalue weighted by molar-refractivity contribution is 5.94. The van der Waals surface area contributed by atoms with Gasteiger partial charge in [0, 0.05) is 24.8 Å². The van der Waals surface area contributed by atoms with Gasteiger partial charge in [0.1, 0.15) is 5.75 Å². The van der Waals surface area contributed by atoms with Gasteiger partial charge < -0.3 is 10.1 Å². The molecule has 0 heterocycles. The van der Waals surface area contributed by atoms with Gasteiger partial charge in [-0.25, -0.2) is 4.79 Å². The van der Waals surface area contributed by atoms with Gasteiger partial charge in [-0.15, -0.1) is 0 Å². The molecule has 0 saturated heterocycles. The number of hydrogen-bond acceptors (Lipinski definition) is 3. The zero-order chi connectivity index (χ0) is 19.1. The minimum absolute atomic E-state index is 0.0835. The molecule has 2 amide bonds. The van der Waals surface area contributed by atoms with Crippen molar-refractivity contribution in [2.75, 3.05) is 18.5 Å². The maximum atomic E-state index is 12.3. The summed E-state index contributed by atoms with van der Waals surface area (Å²) < 4.78 is 5.38. The predicted octanol–water partition coefficient (Wildman–Crippen LogP) is 4.63. The van der Waals surface area contributed by atoms with Crippen LogP contribution in [0.3, 0.4) is 0 Å². The van der Waals surface area contributed by atoms with Crippen LogP contribution in [0.15, 0.2) is 54.6 Å². The Morgan fingerprint density at radius 3 is 2.33 bits per heavy atom. The first kappa shape index (κ1) is 19.0. The summed E-state index contributed by atoms with van der Waals surface area (Å²) in [6.07, 6.45) is 5.75. The molecule has 0 unspecified atom stereocenters. The van der Waals surface area contributed by atoms with E-state index in [-0.39, 0.29) is 5.91 Å². The fourth-order valence-corrected chi connectivity index (χ4v) is 3.33. The fraction of sp³-hybridized carbons (Fsp3) is 0.364. The molecule has 0 spiro atoms. The Bertz CT molecular complexity index is 753. The molecule has 142 valence electrons. The summed E-state index contributed by atoms with van der Waals surface area (Å²) >= 11 is 0. The molecule has 1 fully saturated rings. The predicted molar refractivity (Wildman–Crippen MR) is 106 cm³/mol. The van der Waals surface area contributed by atoms with Crippen molar-refractivity contribution in [3.05, 3.63) is 60.2 Å². The SMILES string of the molecule is CN(C(=O)Oc1ccc(C(=O)NCC2CCCCC2)cc1)c1ccccc1. The third kappa shape index (κ3) is 5.33. The van der Waals surface area contributed by atoms with Crippen LogP contribution in [0.4, 0.5) is 10.5 Å². The number of rotatable bonds is 5. The van der Waals surface area contributed by atoms with Gasteiger partial charge in [-0.05, 0) is 55.2 Å². The number of ether oxygens (including phenoxy) is 1. The third-order valence-corrected chi connectivity index (χ3v) is 5.02. The van der Waals surface area contributed by atoms with E-state index in [1.165, 1.54) is 37.0 Å². The number of benzene rings is 2. The molecule has 1 saturated carbocycles. The van der Waals surface area contributed by atoms with Crippen molar-refractivity contribution in [2.45, 2.75) is 32.1 Å². The summed E-state index contributed by atoms with van der Waals surface area (Å²) in [4.78, 5) is 26.0. The van der Waals surface area contributed by atoms with Crippen molar-refractivity contribution in [3.8, 4) is 5.75 Å². The lowest BCUT2D eigenvalue weighted by Crippen LogP contribution is -2.30. The lowest BCUT2D eigenvalue weighted by Gasteiger charge is -2.21. The van der Waals surface area contributed by atoms with Gasteiger partial charge in [-0.2, -0.15) is 0 Å². The molecular formula is C22H26N2O3. The van der Waals surface area contributed by atoms with E-state index in [4.69, 9.17) is 4.74 Å². The molecule has 2 aromatic rings. The first-order valence-electron chi connectivity index (χ1n) is 9.52. The number of nitrogens with zero attached hydrogens (tertiary/aromatic N) is 1. The average molecular weight is 366 g/mol. The Labute approximate surface area is 160 Å². The average Bonchev–Trinajstić information content (AvgIpc) is 2.73. The molecule has 5 heteroatoms. The summed E-state index contributed by atoms with van der Waals surface area (Å²) in [6.45, 7) is 0.734. The largest absolute Gasteiger partial charge is 0.419 e. The van der Waals surface area contributed by atoms with Crippen molar-refractivity contribution in [1.29, 1.82) is 0 Å². The van der Waals surface area contributed by atoms with Gasteiger partial charge >= 0.3 is 6.09 Å². The van der Waals surface area contributed by atoms with Gasteiger partial charge in [0.05, 0.1) is 0 Å². The molecule has 5 nitrogen and oxygen atoms in total. The number of anilines is 1. The zero-order valence-electron chi connectivity index (χ0n) is 15.7. The Morgan fingerprint density at radius 1 is 1.00 bits per heavy atom. The highest BCUT2D eigenvalue weighted by Crippen LogP contribution is 2.23. The van der Waals surface area contributed by atoms with E-state index in [1.807, 2.05) is 30.3 Å². The van der Waals surface area contributed by atoms with Crippen LogP contribution in [0.5, 0.6) is 5.75 Å². The molecule has 3 rings (SSSR count). The third-order valence-electron chi connectivity index (χ3n) is 5.02. The van der Waals surface area contributed by atoms with Crippen molar-refractivity contribution in [3.63, 3.8) is 0 Å². The number of amides is 2. The zero-order valence-corrected chi connectivity index (χ0v) is 15.7. The minimum atomic E-state index is -0.476. The molecule has 1 N–H and O–H groups in total. The Morgan fingerprint density at radius 2 is 1.67 bits per heavy atom. The Kier molecular flexibility index (Phi) is 6.47. The van der Waals surface area contributed by atoms with Crippen molar-refractivity contribution in [2.24, 2.45) is 5.92 Å². The van der Waals surface area contributed by atoms with Crippen LogP contribution in [0.2, 0.25) is 0 Å². The van der Waals surface area contributed by atoms with Crippen LogP contribution >= 0.6 is 0 Å². The van der Waals surface area contributed by atoms with Crippen LogP contribution < -0.4 is 15.0 Å².